The summed E-state index contributed by atoms with van der Waals surface area (Å²) in [6.07, 6.45) is 1.59. The predicted octanol–water partition coefficient (Wildman–Crippen LogP) is 1.26. The molecule has 0 saturated carbocycles. The van der Waals surface area contributed by atoms with Crippen LogP contribution in [0.5, 0.6) is 0 Å². The van der Waals surface area contributed by atoms with Crippen LogP contribution in [0.4, 0.5) is 0 Å². The van der Waals surface area contributed by atoms with Gasteiger partial charge in [0.25, 0.3) is 0 Å². The second-order valence-corrected chi connectivity index (χ2v) is 7.10. The van der Waals surface area contributed by atoms with Crippen LogP contribution in [0.3, 0.4) is 0 Å². The number of ether oxygens (including phenoxy) is 1. The third-order valence-electron chi connectivity index (χ3n) is 3.74. The van der Waals surface area contributed by atoms with Crippen LogP contribution in [0.25, 0.3) is 0 Å². The van der Waals surface area contributed by atoms with E-state index in [1.165, 1.54) is 0 Å². The Morgan fingerprint density at radius 1 is 1.33 bits per heavy atom. The normalized spacial score (nSPS) is 21.0. The third kappa shape index (κ3) is 8.39. The van der Waals surface area contributed by atoms with Crippen molar-refractivity contribution in [3.05, 3.63) is 0 Å². The molecule has 1 saturated heterocycles. The van der Waals surface area contributed by atoms with Gasteiger partial charge in [-0.2, -0.15) is 0 Å². The van der Waals surface area contributed by atoms with Gasteiger partial charge < -0.3 is 15.2 Å². The van der Waals surface area contributed by atoms with Crippen LogP contribution in [0.2, 0.25) is 0 Å². The van der Waals surface area contributed by atoms with E-state index in [2.05, 4.69) is 31.0 Å². The molecular weight excluding hydrogens is 268 g/mol. The predicted molar refractivity (Wildman–Crippen MR) is 84.1 cm³/mol. The number of aliphatic hydroxyl groups is 1. The zero-order valence-corrected chi connectivity index (χ0v) is 14.0. The first-order valence-corrected chi connectivity index (χ1v) is 8.07. The molecule has 5 nitrogen and oxygen atoms in total. The minimum Gasteiger partial charge on any atom is -0.387 e. The first-order valence-electron chi connectivity index (χ1n) is 8.07. The van der Waals surface area contributed by atoms with Gasteiger partial charge in [-0.3, -0.25) is 9.69 Å². The SMILES string of the molecule is CC(C)CC(C)CC(=O)NCC(C)(O)CN1CCOCC1. The van der Waals surface area contributed by atoms with Crippen molar-refractivity contribution in [2.45, 2.75) is 46.1 Å². The van der Waals surface area contributed by atoms with Gasteiger partial charge in [0, 0.05) is 32.6 Å². The van der Waals surface area contributed by atoms with Crippen molar-refractivity contribution in [3.8, 4) is 0 Å². The summed E-state index contributed by atoms with van der Waals surface area (Å²) in [5.74, 6) is 1.02. The van der Waals surface area contributed by atoms with Crippen molar-refractivity contribution < 1.29 is 14.6 Å². The van der Waals surface area contributed by atoms with Crippen molar-refractivity contribution in [2.75, 3.05) is 39.4 Å². The van der Waals surface area contributed by atoms with E-state index in [1.54, 1.807) is 6.92 Å². The molecule has 1 aliphatic rings. The number of amides is 1. The summed E-state index contributed by atoms with van der Waals surface area (Å²) < 4.78 is 5.29. The minimum absolute atomic E-state index is 0.0328. The van der Waals surface area contributed by atoms with E-state index in [0.29, 0.717) is 31.3 Å². The second-order valence-electron chi connectivity index (χ2n) is 7.10. The molecule has 0 aromatic heterocycles. The van der Waals surface area contributed by atoms with Crippen molar-refractivity contribution in [1.29, 1.82) is 0 Å². The topological polar surface area (TPSA) is 61.8 Å². The minimum atomic E-state index is -0.895. The van der Waals surface area contributed by atoms with Gasteiger partial charge >= 0.3 is 0 Å². The highest BCUT2D eigenvalue weighted by molar-refractivity contribution is 5.76. The van der Waals surface area contributed by atoms with E-state index < -0.39 is 5.60 Å². The number of morpholine rings is 1. The van der Waals surface area contributed by atoms with Gasteiger partial charge in [0.2, 0.25) is 5.91 Å². The smallest absolute Gasteiger partial charge is 0.220 e. The van der Waals surface area contributed by atoms with Crippen LogP contribution < -0.4 is 5.32 Å². The zero-order valence-electron chi connectivity index (χ0n) is 14.0. The van der Waals surface area contributed by atoms with E-state index in [4.69, 9.17) is 4.74 Å². The number of hydrogen-bond acceptors (Lipinski definition) is 4. The summed E-state index contributed by atoms with van der Waals surface area (Å²) in [5.41, 5.74) is -0.895. The number of rotatable bonds is 8. The maximum atomic E-state index is 11.9. The van der Waals surface area contributed by atoms with Crippen molar-refractivity contribution in [2.24, 2.45) is 11.8 Å². The van der Waals surface area contributed by atoms with Gasteiger partial charge in [0.1, 0.15) is 0 Å². The molecule has 0 bridgehead atoms. The van der Waals surface area contributed by atoms with E-state index in [0.717, 1.165) is 32.7 Å². The fraction of sp³-hybridized carbons (Fsp3) is 0.938. The first kappa shape index (κ1) is 18.4. The molecule has 5 heteroatoms. The molecular formula is C16H32N2O3. The summed E-state index contributed by atoms with van der Waals surface area (Å²) in [7, 11) is 0. The molecule has 0 radical (unpaired) electrons. The molecule has 1 amide bonds. The summed E-state index contributed by atoms with van der Waals surface area (Å²) in [4.78, 5) is 14.1. The number of carbonyl (C=O) groups is 1. The lowest BCUT2D eigenvalue weighted by Gasteiger charge is -2.34. The van der Waals surface area contributed by atoms with Gasteiger partial charge in [0.15, 0.2) is 0 Å². The van der Waals surface area contributed by atoms with Crippen molar-refractivity contribution in [1.82, 2.24) is 10.2 Å². The van der Waals surface area contributed by atoms with Crippen LogP contribution in [-0.2, 0) is 9.53 Å². The summed E-state index contributed by atoms with van der Waals surface area (Å²) in [6, 6.07) is 0. The number of carbonyl (C=O) groups excluding carboxylic acids is 1. The van der Waals surface area contributed by atoms with Gasteiger partial charge in [-0.25, -0.2) is 0 Å². The monoisotopic (exact) mass is 300 g/mol. The van der Waals surface area contributed by atoms with Crippen LogP contribution in [-0.4, -0.2) is 60.9 Å². The maximum Gasteiger partial charge on any atom is 0.220 e. The van der Waals surface area contributed by atoms with E-state index in [-0.39, 0.29) is 5.91 Å². The fourth-order valence-corrected chi connectivity index (χ4v) is 2.86. The lowest BCUT2D eigenvalue weighted by atomic mass is 9.95. The Bertz CT molecular complexity index is 313. The van der Waals surface area contributed by atoms with Gasteiger partial charge in [-0.05, 0) is 25.2 Å². The second kappa shape index (κ2) is 8.71. The maximum absolute atomic E-state index is 11.9. The Balaban J connectivity index is 2.26. The lowest BCUT2D eigenvalue weighted by molar-refractivity contribution is -0.123. The van der Waals surface area contributed by atoms with Crippen LogP contribution in [0.15, 0.2) is 0 Å². The molecule has 1 heterocycles. The Morgan fingerprint density at radius 3 is 2.52 bits per heavy atom. The molecule has 0 aromatic rings. The summed E-state index contributed by atoms with van der Waals surface area (Å²) in [5, 5.41) is 13.3. The number of nitrogens with one attached hydrogen (secondary N) is 1. The van der Waals surface area contributed by atoms with E-state index >= 15 is 0 Å². The molecule has 2 N–H and O–H groups in total. The Labute approximate surface area is 129 Å². The average Bonchev–Trinajstić information content (AvgIpc) is 2.36. The van der Waals surface area contributed by atoms with Crippen LogP contribution in [0.1, 0.15) is 40.5 Å². The fourth-order valence-electron chi connectivity index (χ4n) is 2.86. The molecule has 2 unspecified atom stereocenters. The zero-order chi connectivity index (χ0) is 15.9. The molecule has 0 aromatic carbocycles. The molecule has 21 heavy (non-hydrogen) atoms. The number of hydrogen-bond donors (Lipinski definition) is 2. The van der Waals surface area contributed by atoms with Crippen LogP contribution >= 0.6 is 0 Å². The molecule has 2 atom stereocenters. The standard InChI is InChI=1S/C16H32N2O3/c1-13(2)9-14(3)10-15(19)17-11-16(4,20)12-18-5-7-21-8-6-18/h13-14,20H,5-12H2,1-4H3,(H,17,19). The van der Waals surface area contributed by atoms with Crippen molar-refractivity contribution in [3.63, 3.8) is 0 Å². The molecule has 1 fully saturated rings. The Kier molecular flexibility index (Phi) is 7.63. The summed E-state index contributed by atoms with van der Waals surface area (Å²) >= 11 is 0. The molecule has 124 valence electrons. The van der Waals surface area contributed by atoms with Gasteiger partial charge in [-0.15, -0.1) is 0 Å². The number of nitrogens with zero attached hydrogens (tertiary/aromatic N) is 1. The van der Waals surface area contributed by atoms with E-state index in [9.17, 15) is 9.90 Å². The van der Waals surface area contributed by atoms with Gasteiger partial charge in [-0.1, -0.05) is 20.8 Å². The summed E-state index contributed by atoms with van der Waals surface area (Å²) in [6.45, 7) is 12.2. The van der Waals surface area contributed by atoms with Crippen molar-refractivity contribution >= 4 is 5.91 Å². The first-order chi connectivity index (χ1) is 9.78. The highest BCUT2D eigenvalue weighted by Crippen LogP contribution is 2.14. The quantitative estimate of drug-likeness (QED) is 0.708. The Morgan fingerprint density at radius 2 is 1.95 bits per heavy atom. The molecule has 0 spiro atoms. The average molecular weight is 300 g/mol. The number of β-amino-alcohol motifs (C(OH)–C–C–N with tert-alkyl or cyclic N) is 1. The highest BCUT2D eigenvalue weighted by Gasteiger charge is 2.26. The highest BCUT2D eigenvalue weighted by atomic mass is 16.5. The lowest BCUT2D eigenvalue weighted by Crippen LogP contribution is -2.51. The molecule has 0 aliphatic carbocycles. The third-order valence-corrected chi connectivity index (χ3v) is 3.74. The molecule has 1 rings (SSSR count). The van der Waals surface area contributed by atoms with Gasteiger partial charge in [0.05, 0.1) is 18.8 Å². The van der Waals surface area contributed by atoms with E-state index in [1.807, 2.05) is 0 Å². The Hall–Kier alpha value is -0.650. The largest absolute Gasteiger partial charge is 0.387 e. The van der Waals surface area contributed by atoms with Crippen LogP contribution in [0, 0.1) is 11.8 Å². The molecule has 1 aliphatic heterocycles.